The lowest BCUT2D eigenvalue weighted by atomic mass is 9.96. The van der Waals surface area contributed by atoms with Gasteiger partial charge in [-0.15, -0.1) is 0 Å². The monoisotopic (exact) mass is 288 g/mol. The Hall–Kier alpha value is -2.15. The highest BCUT2D eigenvalue weighted by molar-refractivity contribution is 5.87. The summed E-state index contributed by atoms with van der Waals surface area (Å²) in [6.45, 7) is 6.64. The molecule has 3 aromatic rings. The van der Waals surface area contributed by atoms with Gasteiger partial charge in [0.2, 0.25) is 11.2 Å². The summed E-state index contributed by atoms with van der Waals surface area (Å²) in [5.41, 5.74) is 11.2. The maximum absolute atomic E-state index is 2.42. The van der Waals surface area contributed by atoms with Crippen LogP contribution in [0.2, 0.25) is 0 Å². The second-order valence-corrected chi connectivity index (χ2v) is 6.68. The van der Waals surface area contributed by atoms with Crippen molar-refractivity contribution in [1.29, 1.82) is 0 Å². The van der Waals surface area contributed by atoms with E-state index in [1.165, 1.54) is 62.8 Å². The molecule has 1 aromatic heterocycles. The van der Waals surface area contributed by atoms with Gasteiger partial charge in [-0.2, -0.15) is 4.57 Å². The van der Waals surface area contributed by atoms with E-state index in [-0.39, 0.29) is 0 Å². The minimum absolute atomic E-state index is 1.17. The maximum atomic E-state index is 2.42. The Bertz CT molecular complexity index is 919. The van der Waals surface area contributed by atoms with Crippen molar-refractivity contribution in [1.82, 2.24) is 0 Å². The Labute approximate surface area is 132 Å². The van der Waals surface area contributed by atoms with E-state index >= 15 is 0 Å². The predicted octanol–water partition coefficient (Wildman–Crippen LogP) is 4.36. The average molecular weight is 288 g/mol. The number of nitrogens with zero attached hydrogens (tertiary/aromatic N) is 1. The standard InChI is InChI=1S/C21H22N/c1-13-10-14(2)15(3)18(11-13)20-12-17-9-8-16-6-5-7-19(21(16)17)22(20)4/h5-7,10-12H,8-9H2,1-4H3/q+1. The topological polar surface area (TPSA) is 3.88 Å². The number of aromatic nitrogens is 1. The van der Waals surface area contributed by atoms with Crippen LogP contribution in [0.25, 0.3) is 22.2 Å². The van der Waals surface area contributed by atoms with Crippen LogP contribution in [0, 0.1) is 20.8 Å². The van der Waals surface area contributed by atoms with E-state index in [2.05, 4.69) is 68.8 Å². The van der Waals surface area contributed by atoms with Gasteiger partial charge in [0, 0.05) is 17.7 Å². The van der Waals surface area contributed by atoms with Crippen molar-refractivity contribution in [2.24, 2.45) is 7.05 Å². The van der Waals surface area contributed by atoms with Gasteiger partial charge in [-0.3, -0.25) is 0 Å². The summed E-state index contributed by atoms with van der Waals surface area (Å²) in [6.07, 6.45) is 2.36. The van der Waals surface area contributed by atoms with Gasteiger partial charge >= 0.3 is 0 Å². The van der Waals surface area contributed by atoms with Gasteiger partial charge in [0.1, 0.15) is 7.05 Å². The fourth-order valence-electron chi connectivity index (χ4n) is 3.94. The molecular formula is C21H22N+. The molecule has 1 nitrogen and oxygen atoms in total. The molecule has 0 amide bonds. The summed E-state index contributed by atoms with van der Waals surface area (Å²) in [7, 11) is 2.20. The highest BCUT2D eigenvalue weighted by Crippen LogP contribution is 2.33. The molecule has 0 unspecified atom stereocenters. The van der Waals surface area contributed by atoms with Crippen molar-refractivity contribution in [2.45, 2.75) is 33.6 Å². The number of hydrogen-bond donors (Lipinski definition) is 0. The van der Waals surface area contributed by atoms with Crippen LogP contribution in [-0.4, -0.2) is 0 Å². The number of rotatable bonds is 1. The molecule has 0 saturated carbocycles. The van der Waals surface area contributed by atoms with E-state index in [4.69, 9.17) is 0 Å². The molecule has 1 heterocycles. The number of hydrogen-bond acceptors (Lipinski definition) is 0. The molecule has 0 spiro atoms. The van der Waals surface area contributed by atoms with E-state index in [0.717, 1.165) is 0 Å². The van der Waals surface area contributed by atoms with Crippen LogP contribution < -0.4 is 4.57 Å². The predicted molar refractivity (Wildman–Crippen MR) is 92.2 cm³/mol. The summed E-state index contributed by atoms with van der Waals surface area (Å²) in [4.78, 5) is 0. The first-order valence-electron chi connectivity index (χ1n) is 8.08. The number of benzene rings is 2. The van der Waals surface area contributed by atoms with E-state index in [1.54, 1.807) is 0 Å². The van der Waals surface area contributed by atoms with E-state index in [1.807, 2.05) is 0 Å². The summed E-state index contributed by atoms with van der Waals surface area (Å²) < 4.78 is 2.37. The summed E-state index contributed by atoms with van der Waals surface area (Å²) in [5.74, 6) is 0. The molecule has 0 aliphatic heterocycles. The van der Waals surface area contributed by atoms with Crippen LogP contribution >= 0.6 is 0 Å². The fourth-order valence-corrected chi connectivity index (χ4v) is 3.94. The van der Waals surface area contributed by atoms with Crippen molar-refractivity contribution in [3.8, 4) is 11.3 Å². The van der Waals surface area contributed by atoms with E-state index in [0.29, 0.717) is 0 Å². The van der Waals surface area contributed by atoms with Gasteiger partial charge in [-0.1, -0.05) is 23.8 Å². The molecule has 110 valence electrons. The molecule has 4 rings (SSSR count). The molecule has 2 aromatic carbocycles. The molecule has 1 aliphatic rings. The molecule has 0 radical (unpaired) electrons. The smallest absolute Gasteiger partial charge is 0.194 e. The lowest BCUT2D eigenvalue weighted by molar-refractivity contribution is -0.633. The molecule has 1 heteroatoms. The Balaban J connectivity index is 2.09. The molecule has 0 N–H and O–H groups in total. The maximum Gasteiger partial charge on any atom is 0.213 e. The second-order valence-electron chi connectivity index (χ2n) is 6.68. The molecule has 1 aliphatic carbocycles. The molecule has 0 bridgehead atoms. The van der Waals surface area contributed by atoms with Crippen LogP contribution in [0.5, 0.6) is 0 Å². The van der Waals surface area contributed by atoms with Gasteiger partial charge in [-0.25, -0.2) is 0 Å². The minimum atomic E-state index is 1.17. The molecule has 0 saturated heterocycles. The van der Waals surface area contributed by atoms with Crippen LogP contribution in [0.3, 0.4) is 0 Å². The minimum Gasteiger partial charge on any atom is -0.194 e. The lowest BCUT2D eigenvalue weighted by Crippen LogP contribution is -2.32. The first-order chi connectivity index (χ1) is 10.6. The fraction of sp³-hybridized carbons (Fsp3) is 0.286. The highest BCUT2D eigenvalue weighted by atomic mass is 14.9. The van der Waals surface area contributed by atoms with Crippen LogP contribution in [0.1, 0.15) is 27.8 Å². The zero-order valence-electron chi connectivity index (χ0n) is 13.8. The van der Waals surface area contributed by atoms with Crippen molar-refractivity contribution < 1.29 is 4.57 Å². The van der Waals surface area contributed by atoms with Gasteiger partial charge in [0.15, 0.2) is 0 Å². The van der Waals surface area contributed by atoms with Gasteiger partial charge in [0.05, 0.1) is 5.39 Å². The van der Waals surface area contributed by atoms with Crippen molar-refractivity contribution >= 4 is 10.9 Å². The Morgan fingerprint density at radius 2 is 1.68 bits per heavy atom. The molecule has 0 atom stereocenters. The zero-order chi connectivity index (χ0) is 15.4. The lowest BCUT2D eigenvalue weighted by Gasteiger charge is -2.11. The summed E-state index contributed by atoms with van der Waals surface area (Å²) >= 11 is 0. The zero-order valence-corrected chi connectivity index (χ0v) is 13.8. The van der Waals surface area contributed by atoms with Crippen molar-refractivity contribution in [2.75, 3.05) is 0 Å². The quantitative estimate of drug-likeness (QED) is 0.586. The third kappa shape index (κ3) is 1.81. The molecular weight excluding hydrogens is 266 g/mol. The normalized spacial score (nSPS) is 13.1. The second kappa shape index (κ2) is 4.67. The van der Waals surface area contributed by atoms with E-state index in [9.17, 15) is 0 Å². The van der Waals surface area contributed by atoms with Gasteiger partial charge < -0.3 is 0 Å². The van der Waals surface area contributed by atoms with Gasteiger partial charge in [0.25, 0.3) is 0 Å². The first-order valence-corrected chi connectivity index (χ1v) is 8.08. The Kier molecular flexibility index (Phi) is 2.87. The SMILES string of the molecule is Cc1cc(C)c(C)c(-c2cc3c4c(cccc4[n+]2C)CC3)c1. The first kappa shape index (κ1) is 13.5. The Morgan fingerprint density at radius 3 is 2.50 bits per heavy atom. The Morgan fingerprint density at radius 1 is 0.909 bits per heavy atom. The molecule has 0 fully saturated rings. The van der Waals surface area contributed by atoms with Crippen LogP contribution in [0.15, 0.2) is 36.4 Å². The third-order valence-corrected chi connectivity index (χ3v) is 5.23. The van der Waals surface area contributed by atoms with Crippen molar-refractivity contribution in [3.63, 3.8) is 0 Å². The van der Waals surface area contributed by atoms with Crippen molar-refractivity contribution in [3.05, 3.63) is 64.2 Å². The van der Waals surface area contributed by atoms with Gasteiger partial charge in [-0.05, 0) is 61.9 Å². The third-order valence-electron chi connectivity index (χ3n) is 5.23. The average Bonchev–Trinajstić information content (AvgIpc) is 2.91. The highest BCUT2D eigenvalue weighted by Gasteiger charge is 2.24. The van der Waals surface area contributed by atoms with Crippen LogP contribution in [-0.2, 0) is 19.9 Å². The van der Waals surface area contributed by atoms with Crippen LogP contribution in [0.4, 0.5) is 0 Å². The summed E-state index contributed by atoms with van der Waals surface area (Å²) in [5, 5.41) is 1.48. The molecule has 22 heavy (non-hydrogen) atoms. The number of pyridine rings is 1. The largest absolute Gasteiger partial charge is 0.213 e. The summed E-state index contributed by atoms with van der Waals surface area (Å²) in [6, 6.07) is 13.8. The van der Waals surface area contributed by atoms with E-state index < -0.39 is 0 Å². The number of aryl methyl sites for hydroxylation is 5.